The molecule has 2 aromatic carbocycles. The topological polar surface area (TPSA) is 47.6 Å². The first-order valence-electron chi connectivity index (χ1n) is 7.85. The monoisotopic (exact) mass is 345 g/mol. The molecule has 2 aromatic rings. The third-order valence-electron chi connectivity index (χ3n) is 3.68. The van der Waals surface area contributed by atoms with Gasteiger partial charge in [-0.15, -0.1) is 11.8 Å². The molecule has 128 valence electrons. The Morgan fingerprint density at radius 3 is 2.58 bits per heavy atom. The zero-order valence-electron chi connectivity index (χ0n) is 14.5. The van der Waals surface area contributed by atoms with E-state index in [2.05, 4.69) is 12.2 Å². The minimum atomic E-state index is -0.206. The van der Waals surface area contributed by atoms with Gasteiger partial charge >= 0.3 is 0 Å². The van der Waals surface area contributed by atoms with Crippen LogP contribution in [0.1, 0.15) is 35.8 Å². The standard InChI is InChI=1S/C19H23NO3S/c1-5-24-18-9-7-6-8-15(18)19(21)20-13(2)16-12-14(22-3)10-11-17(16)23-4/h6-13H,5H2,1-4H3,(H,20,21)/t13-/m1/s1. The molecule has 0 unspecified atom stereocenters. The summed E-state index contributed by atoms with van der Waals surface area (Å²) in [4.78, 5) is 13.7. The van der Waals surface area contributed by atoms with Crippen molar-refractivity contribution in [3.63, 3.8) is 0 Å². The van der Waals surface area contributed by atoms with Crippen LogP contribution < -0.4 is 14.8 Å². The van der Waals surface area contributed by atoms with Crippen LogP contribution in [0.25, 0.3) is 0 Å². The van der Waals surface area contributed by atoms with Gasteiger partial charge in [-0.1, -0.05) is 19.1 Å². The van der Waals surface area contributed by atoms with E-state index in [9.17, 15) is 4.79 Å². The quantitative estimate of drug-likeness (QED) is 0.760. The summed E-state index contributed by atoms with van der Waals surface area (Å²) in [5.74, 6) is 2.28. The van der Waals surface area contributed by atoms with Crippen molar-refractivity contribution in [1.82, 2.24) is 5.32 Å². The molecule has 24 heavy (non-hydrogen) atoms. The maximum atomic E-state index is 12.7. The highest BCUT2D eigenvalue weighted by Crippen LogP contribution is 2.30. The van der Waals surface area contributed by atoms with Gasteiger partial charge in [0.25, 0.3) is 5.91 Å². The molecular formula is C19H23NO3S. The van der Waals surface area contributed by atoms with Crippen molar-refractivity contribution in [2.75, 3.05) is 20.0 Å². The van der Waals surface area contributed by atoms with E-state index < -0.39 is 0 Å². The van der Waals surface area contributed by atoms with Crippen molar-refractivity contribution >= 4 is 17.7 Å². The molecule has 0 aliphatic rings. The van der Waals surface area contributed by atoms with Crippen LogP contribution in [-0.2, 0) is 0 Å². The van der Waals surface area contributed by atoms with Gasteiger partial charge in [0.15, 0.2) is 0 Å². The summed E-state index contributed by atoms with van der Waals surface area (Å²) in [7, 11) is 3.24. The van der Waals surface area contributed by atoms with Crippen LogP contribution >= 0.6 is 11.8 Å². The van der Waals surface area contributed by atoms with Crippen LogP contribution in [0.5, 0.6) is 11.5 Å². The minimum Gasteiger partial charge on any atom is -0.497 e. The normalized spacial score (nSPS) is 11.7. The van der Waals surface area contributed by atoms with Gasteiger partial charge in [-0.25, -0.2) is 0 Å². The van der Waals surface area contributed by atoms with E-state index in [1.165, 1.54) is 0 Å². The predicted molar refractivity (Wildman–Crippen MR) is 98.3 cm³/mol. The highest BCUT2D eigenvalue weighted by atomic mass is 32.2. The molecule has 0 saturated heterocycles. The molecule has 4 nitrogen and oxygen atoms in total. The molecule has 2 rings (SSSR count). The third kappa shape index (κ3) is 4.23. The lowest BCUT2D eigenvalue weighted by atomic mass is 10.1. The first-order valence-corrected chi connectivity index (χ1v) is 8.83. The maximum Gasteiger partial charge on any atom is 0.252 e. The molecule has 1 atom stereocenters. The zero-order chi connectivity index (χ0) is 17.5. The number of rotatable bonds is 7. The Morgan fingerprint density at radius 1 is 1.17 bits per heavy atom. The maximum absolute atomic E-state index is 12.7. The highest BCUT2D eigenvalue weighted by Gasteiger charge is 2.18. The summed E-state index contributed by atoms with van der Waals surface area (Å²) in [5, 5.41) is 3.05. The number of nitrogens with one attached hydrogen (secondary N) is 1. The number of ether oxygens (including phenoxy) is 2. The molecule has 0 radical (unpaired) electrons. The van der Waals surface area contributed by atoms with Crippen LogP contribution in [0.4, 0.5) is 0 Å². The summed E-state index contributed by atoms with van der Waals surface area (Å²) in [6, 6.07) is 13.0. The molecule has 0 bridgehead atoms. The molecule has 1 N–H and O–H groups in total. The van der Waals surface area contributed by atoms with Crippen LogP contribution in [0.3, 0.4) is 0 Å². The average molecular weight is 345 g/mol. The van der Waals surface area contributed by atoms with E-state index in [4.69, 9.17) is 9.47 Å². The lowest BCUT2D eigenvalue weighted by molar-refractivity contribution is 0.0936. The lowest BCUT2D eigenvalue weighted by Gasteiger charge is -2.19. The molecule has 0 heterocycles. The molecule has 0 aromatic heterocycles. The molecule has 0 spiro atoms. The second-order valence-corrected chi connectivity index (χ2v) is 6.54. The summed E-state index contributed by atoms with van der Waals surface area (Å²) in [5.41, 5.74) is 1.57. The first kappa shape index (κ1) is 18.2. The number of carbonyl (C=O) groups is 1. The zero-order valence-corrected chi connectivity index (χ0v) is 15.3. The SMILES string of the molecule is CCSc1ccccc1C(=O)N[C@H](C)c1cc(OC)ccc1OC. The van der Waals surface area contributed by atoms with E-state index in [1.807, 2.05) is 49.4 Å². The number of hydrogen-bond acceptors (Lipinski definition) is 4. The number of benzene rings is 2. The Bertz CT molecular complexity index is 703. The molecule has 0 aliphatic carbocycles. The van der Waals surface area contributed by atoms with Crippen LogP contribution in [-0.4, -0.2) is 25.9 Å². The van der Waals surface area contributed by atoms with Gasteiger partial charge in [-0.2, -0.15) is 0 Å². The van der Waals surface area contributed by atoms with Gasteiger partial charge in [0.2, 0.25) is 0 Å². The molecule has 5 heteroatoms. The second-order valence-electron chi connectivity index (χ2n) is 5.23. The number of hydrogen-bond donors (Lipinski definition) is 1. The Balaban J connectivity index is 2.23. The fourth-order valence-electron chi connectivity index (χ4n) is 2.47. The fraction of sp³-hybridized carbons (Fsp3) is 0.316. The van der Waals surface area contributed by atoms with Crippen molar-refractivity contribution in [2.45, 2.75) is 24.8 Å². The molecule has 0 fully saturated rings. The van der Waals surface area contributed by atoms with E-state index >= 15 is 0 Å². The number of amides is 1. The van der Waals surface area contributed by atoms with Crippen molar-refractivity contribution in [3.8, 4) is 11.5 Å². The Morgan fingerprint density at radius 2 is 1.92 bits per heavy atom. The van der Waals surface area contributed by atoms with Gasteiger partial charge in [0.05, 0.1) is 25.8 Å². The molecule has 1 amide bonds. The summed E-state index contributed by atoms with van der Waals surface area (Å²) >= 11 is 1.66. The predicted octanol–water partition coefficient (Wildman–Crippen LogP) is 4.31. The lowest BCUT2D eigenvalue weighted by Crippen LogP contribution is -2.27. The smallest absolute Gasteiger partial charge is 0.252 e. The summed E-state index contributed by atoms with van der Waals surface area (Å²) in [6.07, 6.45) is 0. The third-order valence-corrected chi connectivity index (χ3v) is 4.64. The average Bonchev–Trinajstić information content (AvgIpc) is 2.61. The Labute approximate surface area is 147 Å². The van der Waals surface area contributed by atoms with E-state index in [0.717, 1.165) is 27.7 Å². The first-order chi connectivity index (χ1) is 11.6. The molecule has 0 saturated carbocycles. The van der Waals surface area contributed by atoms with Gasteiger partial charge in [-0.3, -0.25) is 4.79 Å². The van der Waals surface area contributed by atoms with Crippen molar-refractivity contribution in [3.05, 3.63) is 53.6 Å². The summed E-state index contributed by atoms with van der Waals surface area (Å²) < 4.78 is 10.7. The minimum absolute atomic E-state index is 0.0936. The molecular weight excluding hydrogens is 322 g/mol. The molecule has 0 aliphatic heterocycles. The van der Waals surface area contributed by atoms with Crippen molar-refractivity contribution < 1.29 is 14.3 Å². The number of thioether (sulfide) groups is 1. The van der Waals surface area contributed by atoms with Crippen LogP contribution in [0.15, 0.2) is 47.4 Å². The highest BCUT2D eigenvalue weighted by molar-refractivity contribution is 7.99. The Kier molecular flexibility index (Phi) is 6.55. The van der Waals surface area contributed by atoms with Crippen LogP contribution in [0, 0.1) is 0 Å². The van der Waals surface area contributed by atoms with Gasteiger partial charge in [0, 0.05) is 10.5 Å². The largest absolute Gasteiger partial charge is 0.497 e. The van der Waals surface area contributed by atoms with E-state index in [0.29, 0.717) is 5.56 Å². The van der Waals surface area contributed by atoms with Crippen molar-refractivity contribution in [1.29, 1.82) is 0 Å². The Hall–Kier alpha value is -2.14. The van der Waals surface area contributed by atoms with Crippen molar-refractivity contribution in [2.24, 2.45) is 0 Å². The number of carbonyl (C=O) groups excluding carboxylic acids is 1. The fourth-order valence-corrected chi connectivity index (χ4v) is 3.27. The second kappa shape index (κ2) is 8.64. The van der Waals surface area contributed by atoms with Gasteiger partial charge in [-0.05, 0) is 43.0 Å². The van der Waals surface area contributed by atoms with Gasteiger partial charge < -0.3 is 14.8 Å². The van der Waals surface area contributed by atoms with Gasteiger partial charge in [0.1, 0.15) is 11.5 Å². The number of methoxy groups -OCH3 is 2. The summed E-state index contributed by atoms with van der Waals surface area (Å²) in [6.45, 7) is 4.01. The van der Waals surface area contributed by atoms with E-state index in [-0.39, 0.29) is 11.9 Å². The van der Waals surface area contributed by atoms with Crippen LogP contribution in [0.2, 0.25) is 0 Å². The van der Waals surface area contributed by atoms with E-state index in [1.54, 1.807) is 26.0 Å².